The Labute approximate surface area is 192 Å². The van der Waals surface area contributed by atoms with E-state index in [1.165, 1.54) is 27.9 Å². The van der Waals surface area contributed by atoms with Gasteiger partial charge in [-0.05, 0) is 35.8 Å². The highest BCUT2D eigenvalue weighted by Crippen LogP contribution is 2.32. The van der Waals surface area contributed by atoms with E-state index in [9.17, 15) is 9.59 Å². The molecule has 160 valence electrons. The summed E-state index contributed by atoms with van der Waals surface area (Å²) < 4.78 is 0.442. The van der Waals surface area contributed by atoms with Crippen molar-refractivity contribution in [2.24, 2.45) is 0 Å². The summed E-state index contributed by atoms with van der Waals surface area (Å²) in [6.45, 7) is 4.95. The molecule has 2 aromatic rings. The number of hydrogen-bond donors (Lipinski definition) is 0. The zero-order valence-electron chi connectivity index (χ0n) is 17.5. The van der Waals surface area contributed by atoms with Crippen molar-refractivity contribution >= 4 is 51.9 Å². The molecule has 2 aliphatic heterocycles. The number of piperazine rings is 1. The van der Waals surface area contributed by atoms with Crippen molar-refractivity contribution in [1.29, 1.82) is 0 Å². The molecule has 0 radical (unpaired) electrons. The Balaban J connectivity index is 1.35. The Bertz CT molecular complexity index is 997. The summed E-state index contributed by atoms with van der Waals surface area (Å²) in [4.78, 5) is 31.8. The van der Waals surface area contributed by atoms with E-state index >= 15 is 0 Å². The summed E-state index contributed by atoms with van der Waals surface area (Å²) in [5, 5.41) is 0. The van der Waals surface area contributed by atoms with Crippen LogP contribution in [0.15, 0.2) is 59.5 Å². The predicted molar refractivity (Wildman–Crippen MR) is 131 cm³/mol. The fourth-order valence-corrected chi connectivity index (χ4v) is 4.98. The highest BCUT2D eigenvalue weighted by atomic mass is 32.2. The lowest BCUT2D eigenvalue weighted by Gasteiger charge is -2.36. The van der Waals surface area contributed by atoms with Crippen LogP contribution in [0, 0.1) is 0 Å². The van der Waals surface area contributed by atoms with Gasteiger partial charge in [0, 0.05) is 31.9 Å². The van der Waals surface area contributed by atoms with Crippen LogP contribution in [0.4, 0.5) is 5.69 Å². The Morgan fingerprint density at radius 2 is 1.71 bits per heavy atom. The standard InChI is InChI=1S/C24H25N3O2S2/c1-2-18-8-10-19(11-9-18)16-21-23(29)27(24(30)31-21)17-22(28)26-14-12-25(13-15-26)20-6-4-3-5-7-20/h3-11,16H,2,12-15,17H2,1H3. The molecule has 31 heavy (non-hydrogen) atoms. The molecule has 2 fully saturated rings. The van der Waals surface area contributed by atoms with Crippen LogP contribution in [0.5, 0.6) is 0 Å². The Morgan fingerprint density at radius 3 is 2.35 bits per heavy atom. The smallest absolute Gasteiger partial charge is 0.266 e. The first-order valence-corrected chi connectivity index (χ1v) is 11.7. The molecule has 0 N–H and O–H groups in total. The van der Waals surface area contributed by atoms with E-state index in [2.05, 4.69) is 36.1 Å². The molecule has 0 aliphatic carbocycles. The van der Waals surface area contributed by atoms with Gasteiger partial charge in [-0.1, -0.05) is 73.4 Å². The van der Waals surface area contributed by atoms with Gasteiger partial charge in [0.2, 0.25) is 5.91 Å². The maximum absolute atomic E-state index is 12.9. The van der Waals surface area contributed by atoms with Crippen LogP contribution in [-0.4, -0.2) is 58.7 Å². The zero-order chi connectivity index (χ0) is 21.8. The largest absolute Gasteiger partial charge is 0.368 e. The topological polar surface area (TPSA) is 43.9 Å². The normalized spacial score (nSPS) is 18.2. The van der Waals surface area contributed by atoms with Crippen molar-refractivity contribution in [3.8, 4) is 0 Å². The van der Waals surface area contributed by atoms with Gasteiger partial charge in [-0.2, -0.15) is 0 Å². The fraction of sp³-hybridized carbons (Fsp3) is 0.292. The molecule has 2 saturated heterocycles. The van der Waals surface area contributed by atoms with Crippen molar-refractivity contribution in [1.82, 2.24) is 9.80 Å². The first-order valence-electron chi connectivity index (χ1n) is 10.5. The van der Waals surface area contributed by atoms with Crippen LogP contribution < -0.4 is 4.90 Å². The van der Waals surface area contributed by atoms with Crippen molar-refractivity contribution < 1.29 is 9.59 Å². The van der Waals surface area contributed by atoms with Gasteiger partial charge in [0.1, 0.15) is 10.9 Å². The minimum atomic E-state index is -0.189. The van der Waals surface area contributed by atoms with E-state index in [1.54, 1.807) is 0 Å². The molecular weight excluding hydrogens is 426 g/mol. The quantitative estimate of drug-likeness (QED) is 0.511. The number of thiocarbonyl (C=S) groups is 1. The van der Waals surface area contributed by atoms with Gasteiger partial charge in [-0.25, -0.2) is 0 Å². The number of carbonyl (C=O) groups is 2. The van der Waals surface area contributed by atoms with Gasteiger partial charge < -0.3 is 9.80 Å². The van der Waals surface area contributed by atoms with Crippen LogP contribution >= 0.6 is 24.0 Å². The van der Waals surface area contributed by atoms with Crippen LogP contribution in [-0.2, 0) is 16.0 Å². The molecular formula is C24H25N3O2S2. The molecule has 0 spiro atoms. The summed E-state index contributed by atoms with van der Waals surface area (Å²) >= 11 is 6.66. The molecule has 0 bridgehead atoms. The van der Waals surface area contributed by atoms with Crippen molar-refractivity contribution in [3.63, 3.8) is 0 Å². The van der Waals surface area contributed by atoms with E-state index in [0.29, 0.717) is 22.3 Å². The highest BCUT2D eigenvalue weighted by Gasteiger charge is 2.34. The van der Waals surface area contributed by atoms with Crippen LogP contribution in [0.2, 0.25) is 0 Å². The molecule has 2 amide bonds. The van der Waals surface area contributed by atoms with Gasteiger partial charge in [-0.15, -0.1) is 0 Å². The lowest BCUT2D eigenvalue weighted by atomic mass is 10.1. The first kappa shape index (κ1) is 21.6. The second kappa shape index (κ2) is 9.66. The highest BCUT2D eigenvalue weighted by molar-refractivity contribution is 8.26. The maximum atomic E-state index is 12.9. The Hall–Kier alpha value is -2.64. The van der Waals surface area contributed by atoms with Gasteiger partial charge in [0.15, 0.2) is 0 Å². The summed E-state index contributed by atoms with van der Waals surface area (Å²) in [7, 11) is 0. The Kier molecular flexibility index (Phi) is 6.73. The third-order valence-corrected chi connectivity index (χ3v) is 6.98. The third-order valence-electron chi connectivity index (χ3n) is 5.61. The van der Waals surface area contributed by atoms with Crippen LogP contribution in [0.25, 0.3) is 6.08 Å². The maximum Gasteiger partial charge on any atom is 0.266 e. The molecule has 7 heteroatoms. The summed E-state index contributed by atoms with van der Waals surface area (Å²) in [5.41, 5.74) is 3.38. The van der Waals surface area contributed by atoms with E-state index in [-0.39, 0.29) is 18.4 Å². The number of hydrogen-bond acceptors (Lipinski definition) is 5. The van der Waals surface area contributed by atoms with E-state index in [4.69, 9.17) is 12.2 Å². The second-order valence-corrected chi connectivity index (χ2v) is 9.24. The lowest BCUT2D eigenvalue weighted by Crippen LogP contribution is -2.51. The number of amides is 2. The summed E-state index contributed by atoms with van der Waals surface area (Å²) in [5.74, 6) is -0.247. The third kappa shape index (κ3) is 4.99. The van der Waals surface area contributed by atoms with E-state index in [0.717, 1.165) is 25.1 Å². The number of thioether (sulfide) groups is 1. The Morgan fingerprint density at radius 1 is 1.03 bits per heavy atom. The molecule has 4 rings (SSSR count). The fourth-order valence-electron chi connectivity index (χ4n) is 3.73. The number of aryl methyl sites for hydroxylation is 1. The first-order chi connectivity index (χ1) is 15.0. The van der Waals surface area contributed by atoms with Crippen molar-refractivity contribution in [3.05, 3.63) is 70.6 Å². The molecule has 0 saturated carbocycles. The molecule has 2 aliphatic rings. The second-order valence-electron chi connectivity index (χ2n) is 7.57. The molecule has 2 heterocycles. The SMILES string of the molecule is CCc1ccc(C=C2SC(=S)N(CC(=O)N3CCN(c4ccccc4)CC3)C2=O)cc1. The monoisotopic (exact) mass is 451 g/mol. The number of nitrogens with zero attached hydrogens (tertiary/aromatic N) is 3. The molecule has 0 atom stereocenters. The molecule has 0 aromatic heterocycles. The van der Waals surface area contributed by atoms with Crippen LogP contribution in [0.1, 0.15) is 18.1 Å². The number of para-hydroxylation sites is 1. The predicted octanol–water partition coefficient (Wildman–Crippen LogP) is 3.80. The minimum absolute atomic E-state index is 0.00210. The van der Waals surface area contributed by atoms with E-state index < -0.39 is 0 Å². The molecule has 2 aromatic carbocycles. The lowest BCUT2D eigenvalue weighted by molar-refractivity contribution is -0.135. The summed E-state index contributed by atoms with van der Waals surface area (Å²) in [6.07, 6.45) is 2.83. The minimum Gasteiger partial charge on any atom is -0.368 e. The summed E-state index contributed by atoms with van der Waals surface area (Å²) in [6, 6.07) is 18.3. The number of carbonyl (C=O) groups excluding carboxylic acids is 2. The number of rotatable bonds is 5. The molecule has 0 unspecified atom stereocenters. The average Bonchev–Trinajstić information content (AvgIpc) is 3.07. The van der Waals surface area contributed by atoms with Gasteiger partial charge in [0.05, 0.1) is 4.91 Å². The number of anilines is 1. The zero-order valence-corrected chi connectivity index (χ0v) is 19.1. The van der Waals surface area contributed by atoms with E-state index in [1.807, 2.05) is 41.3 Å². The van der Waals surface area contributed by atoms with Crippen molar-refractivity contribution in [2.45, 2.75) is 13.3 Å². The van der Waals surface area contributed by atoms with Gasteiger partial charge in [0.25, 0.3) is 5.91 Å². The average molecular weight is 452 g/mol. The number of benzene rings is 2. The molecule has 5 nitrogen and oxygen atoms in total. The van der Waals surface area contributed by atoms with Crippen molar-refractivity contribution in [2.75, 3.05) is 37.6 Å². The van der Waals surface area contributed by atoms with Gasteiger partial charge >= 0.3 is 0 Å². The van der Waals surface area contributed by atoms with Gasteiger partial charge in [-0.3, -0.25) is 14.5 Å². The van der Waals surface area contributed by atoms with Crippen LogP contribution in [0.3, 0.4) is 0 Å².